The number of nitrogens with one attached hydrogen (secondary N) is 1. The first-order chi connectivity index (χ1) is 15.1. The number of fused-ring (bicyclic) bond motifs is 1. The lowest BCUT2D eigenvalue weighted by atomic mass is 10.1. The summed E-state index contributed by atoms with van der Waals surface area (Å²) in [4.78, 5) is 26.3. The molecule has 0 fully saturated rings. The molecule has 0 radical (unpaired) electrons. The Hall–Kier alpha value is -3.87. The van der Waals surface area contributed by atoms with Crippen LogP contribution < -0.4 is 19.7 Å². The summed E-state index contributed by atoms with van der Waals surface area (Å²) in [7, 11) is 0. The molecule has 0 atom stereocenters. The molecule has 0 saturated heterocycles. The zero-order valence-electron chi connectivity index (χ0n) is 16.7. The Kier molecular flexibility index (Phi) is 6.12. The highest BCUT2D eigenvalue weighted by atomic mass is 19.1. The van der Waals surface area contributed by atoms with Crippen molar-refractivity contribution in [3.63, 3.8) is 0 Å². The number of carbonyl (C=O) groups is 2. The van der Waals surface area contributed by atoms with E-state index >= 15 is 0 Å². The molecule has 0 saturated carbocycles. The molecule has 1 aliphatic heterocycles. The molecule has 158 valence electrons. The normalized spacial score (nSPS) is 12.7. The lowest BCUT2D eigenvalue weighted by Gasteiger charge is -2.29. The first-order valence-electron chi connectivity index (χ1n) is 9.93. The van der Waals surface area contributed by atoms with E-state index in [1.54, 1.807) is 29.2 Å². The zero-order valence-corrected chi connectivity index (χ0v) is 16.7. The van der Waals surface area contributed by atoms with Crippen molar-refractivity contribution in [1.82, 2.24) is 0 Å². The Labute approximate surface area is 179 Å². The number of ether oxygens (including phenoxy) is 2. The summed E-state index contributed by atoms with van der Waals surface area (Å²) in [6.45, 7) is 0.862. The number of amides is 2. The quantitative estimate of drug-likeness (QED) is 0.580. The molecule has 3 aromatic rings. The molecule has 4 rings (SSSR count). The van der Waals surface area contributed by atoms with E-state index in [1.165, 1.54) is 18.2 Å². The molecule has 3 aromatic carbocycles. The minimum absolute atomic E-state index is 0.0450. The molecule has 1 N–H and O–H groups in total. The van der Waals surface area contributed by atoms with E-state index in [0.29, 0.717) is 36.7 Å². The first kappa shape index (κ1) is 20.4. The van der Waals surface area contributed by atoms with E-state index in [4.69, 9.17) is 9.47 Å². The lowest BCUT2D eigenvalue weighted by Crippen LogP contribution is -2.39. The van der Waals surface area contributed by atoms with Crippen LogP contribution in [0.2, 0.25) is 0 Å². The third-order valence-electron chi connectivity index (χ3n) is 4.82. The Bertz CT molecular complexity index is 1090. The summed E-state index contributed by atoms with van der Waals surface area (Å²) in [5.74, 6) is -0.0275. The summed E-state index contributed by atoms with van der Waals surface area (Å²) in [5.41, 5.74) is 1.03. The number of nitrogens with zero attached hydrogens (tertiary/aromatic N) is 1. The first-order valence-corrected chi connectivity index (χ1v) is 9.93. The van der Waals surface area contributed by atoms with Crippen LogP contribution in [0.15, 0.2) is 72.8 Å². The lowest BCUT2D eigenvalue weighted by molar-refractivity contribution is -0.121. The summed E-state index contributed by atoms with van der Waals surface area (Å²) in [5, 5.41) is 2.66. The molecule has 0 aliphatic carbocycles. The highest BCUT2D eigenvalue weighted by Crippen LogP contribution is 2.34. The average molecular weight is 420 g/mol. The molecule has 6 nitrogen and oxygen atoms in total. The Morgan fingerprint density at radius 1 is 1.06 bits per heavy atom. The van der Waals surface area contributed by atoms with Gasteiger partial charge in [0.05, 0.1) is 17.9 Å². The van der Waals surface area contributed by atoms with Crippen LogP contribution in [0.3, 0.4) is 0 Å². The number of rotatable bonds is 7. The van der Waals surface area contributed by atoms with Gasteiger partial charge in [-0.15, -0.1) is 0 Å². The summed E-state index contributed by atoms with van der Waals surface area (Å²) in [6, 6.07) is 20.3. The topological polar surface area (TPSA) is 67.9 Å². The number of anilines is 2. The maximum absolute atomic E-state index is 13.8. The Morgan fingerprint density at radius 2 is 1.84 bits per heavy atom. The van der Waals surface area contributed by atoms with Crippen molar-refractivity contribution in [2.24, 2.45) is 0 Å². The number of hydrogen-bond donors (Lipinski definition) is 1. The van der Waals surface area contributed by atoms with E-state index < -0.39 is 11.7 Å². The van der Waals surface area contributed by atoms with Gasteiger partial charge in [-0.3, -0.25) is 9.59 Å². The molecule has 0 bridgehead atoms. The van der Waals surface area contributed by atoms with Crippen molar-refractivity contribution >= 4 is 23.2 Å². The van der Waals surface area contributed by atoms with Gasteiger partial charge in [0.2, 0.25) is 0 Å². The number of hydrogen-bond acceptors (Lipinski definition) is 4. The standard InChI is InChI=1S/C24H21FN2O4/c25-20-10-5-4-9-19(20)24(29)26-17-11-12-21-22(15-17)31-16-23(28)27(21)13-6-14-30-18-7-2-1-3-8-18/h1-5,7-12,15H,6,13-14,16H2,(H,26,29). The van der Waals surface area contributed by atoms with Gasteiger partial charge >= 0.3 is 0 Å². The van der Waals surface area contributed by atoms with Gasteiger partial charge in [0.15, 0.2) is 6.61 Å². The van der Waals surface area contributed by atoms with Gasteiger partial charge in [0.1, 0.15) is 17.3 Å². The van der Waals surface area contributed by atoms with Crippen LogP contribution in [0.5, 0.6) is 11.5 Å². The largest absolute Gasteiger partial charge is 0.494 e. The van der Waals surface area contributed by atoms with Crippen molar-refractivity contribution < 1.29 is 23.5 Å². The SMILES string of the molecule is O=C(Nc1ccc2c(c1)OCC(=O)N2CCCOc1ccccc1)c1ccccc1F. The Balaban J connectivity index is 1.40. The van der Waals surface area contributed by atoms with E-state index in [2.05, 4.69) is 5.32 Å². The molecular formula is C24H21FN2O4. The highest BCUT2D eigenvalue weighted by molar-refractivity contribution is 6.05. The predicted octanol–water partition coefficient (Wildman–Crippen LogP) is 4.27. The molecule has 7 heteroatoms. The summed E-state index contributed by atoms with van der Waals surface area (Å²) < 4.78 is 25.1. The van der Waals surface area contributed by atoms with Gasteiger partial charge in [-0.05, 0) is 42.8 Å². The molecule has 2 amide bonds. The maximum Gasteiger partial charge on any atom is 0.265 e. The van der Waals surface area contributed by atoms with Crippen LogP contribution in [0.25, 0.3) is 0 Å². The van der Waals surface area contributed by atoms with Crippen molar-refractivity contribution in [2.45, 2.75) is 6.42 Å². The van der Waals surface area contributed by atoms with Crippen LogP contribution in [0.4, 0.5) is 15.8 Å². The van der Waals surface area contributed by atoms with Crippen LogP contribution in [-0.2, 0) is 4.79 Å². The van der Waals surface area contributed by atoms with Crippen molar-refractivity contribution in [1.29, 1.82) is 0 Å². The van der Waals surface area contributed by atoms with Gasteiger partial charge in [-0.2, -0.15) is 0 Å². The van der Waals surface area contributed by atoms with Crippen LogP contribution in [0.1, 0.15) is 16.8 Å². The molecule has 1 aliphatic rings. The van der Waals surface area contributed by atoms with E-state index in [-0.39, 0.29) is 18.1 Å². The fraction of sp³-hybridized carbons (Fsp3) is 0.167. The van der Waals surface area contributed by atoms with Crippen molar-refractivity contribution in [3.05, 3.63) is 84.2 Å². The smallest absolute Gasteiger partial charge is 0.265 e. The number of halogens is 1. The fourth-order valence-electron chi connectivity index (χ4n) is 3.30. The maximum atomic E-state index is 13.8. The predicted molar refractivity (Wildman–Crippen MR) is 115 cm³/mol. The molecule has 1 heterocycles. The number of benzene rings is 3. The summed E-state index contributed by atoms with van der Waals surface area (Å²) >= 11 is 0. The summed E-state index contributed by atoms with van der Waals surface area (Å²) in [6.07, 6.45) is 0.645. The second-order valence-electron chi connectivity index (χ2n) is 6.97. The molecule has 31 heavy (non-hydrogen) atoms. The number of carbonyl (C=O) groups excluding carboxylic acids is 2. The van der Waals surface area contributed by atoms with E-state index in [0.717, 1.165) is 5.75 Å². The van der Waals surface area contributed by atoms with Gasteiger partial charge in [0.25, 0.3) is 11.8 Å². The third kappa shape index (κ3) is 4.83. The van der Waals surface area contributed by atoms with Crippen molar-refractivity contribution in [2.75, 3.05) is 30.0 Å². The highest BCUT2D eigenvalue weighted by Gasteiger charge is 2.25. The fourth-order valence-corrected chi connectivity index (χ4v) is 3.30. The van der Waals surface area contributed by atoms with Gasteiger partial charge < -0.3 is 19.7 Å². The molecular weight excluding hydrogens is 399 g/mol. The van der Waals surface area contributed by atoms with Gasteiger partial charge in [-0.25, -0.2) is 4.39 Å². The molecule has 0 spiro atoms. The second-order valence-corrected chi connectivity index (χ2v) is 6.97. The zero-order chi connectivity index (χ0) is 21.6. The second kappa shape index (κ2) is 9.30. The van der Waals surface area contributed by atoms with Gasteiger partial charge in [0, 0.05) is 18.3 Å². The van der Waals surface area contributed by atoms with E-state index in [1.807, 2.05) is 30.3 Å². The minimum Gasteiger partial charge on any atom is -0.494 e. The Morgan fingerprint density at radius 3 is 2.65 bits per heavy atom. The van der Waals surface area contributed by atoms with Crippen LogP contribution >= 0.6 is 0 Å². The van der Waals surface area contributed by atoms with E-state index in [9.17, 15) is 14.0 Å². The van der Waals surface area contributed by atoms with Crippen LogP contribution in [-0.4, -0.2) is 31.6 Å². The van der Waals surface area contributed by atoms with Gasteiger partial charge in [-0.1, -0.05) is 30.3 Å². The third-order valence-corrected chi connectivity index (χ3v) is 4.82. The van der Waals surface area contributed by atoms with Crippen LogP contribution in [0, 0.1) is 5.82 Å². The monoisotopic (exact) mass is 420 g/mol. The van der Waals surface area contributed by atoms with Crippen molar-refractivity contribution in [3.8, 4) is 11.5 Å². The number of para-hydroxylation sites is 1. The average Bonchev–Trinajstić information content (AvgIpc) is 2.79. The molecule has 0 aromatic heterocycles. The molecule has 0 unspecified atom stereocenters. The minimum atomic E-state index is -0.594.